The zero-order chi connectivity index (χ0) is 12.3. The number of hydrogen-bond acceptors (Lipinski definition) is 1. The van der Waals surface area contributed by atoms with Gasteiger partial charge in [-0.3, -0.25) is 4.79 Å². The van der Waals surface area contributed by atoms with Crippen molar-refractivity contribution in [3.63, 3.8) is 0 Å². The summed E-state index contributed by atoms with van der Waals surface area (Å²) in [4.78, 5) is 10.9. The number of ketones is 1. The fraction of sp³-hybridized carbons (Fsp3) is 0.364. The van der Waals surface area contributed by atoms with Gasteiger partial charge in [0.05, 0.1) is 5.56 Å². The second-order valence-electron chi connectivity index (χ2n) is 3.49. The van der Waals surface area contributed by atoms with E-state index in [-0.39, 0.29) is 12.2 Å². The number of hydrogen-bond donors (Lipinski definition) is 0. The summed E-state index contributed by atoms with van der Waals surface area (Å²) < 4.78 is 37.3. The first-order valence-corrected chi connectivity index (χ1v) is 5.71. The van der Waals surface area contributed by atoms with Gasteiger partial charge in [-0.2, -0.15) is 13.2 Å². The van der Waals surface area contributed by atoms with Crippen LogP contribution in [0.4, 0.5) is 13.2 Å². The molecular formula is C11H10BrF3O. The Labute approximate surface area is 99.8 Å². The minimum atomic E-state index is -4.36. The van der Waals surface area contributed by atoms with Gasteiger partial charge in [0.15, 0.2) is 0 Å². The van der Waals surface area contributed by atoms with E-state index >= 15 is 0 Å². The second-order valence-corrected chi connectivity index (χ2v) is 4.05. The zero-order valence-corrected chi connectivity index (χ0v) is 10.2. The van der Waals surface area contributed by atoms with Gasteiger partial charge in [-0.15, -0.1) is 0 Å². The lowest BCUT2D eigenvalue weighted by Crippen LogP contribution is -2.08. The van der Waals surface area contributed by atoms with E-state index in [4.69, 9.17) is 0 Å². The van der Waals surface area contributed by atoms with Crippen LogP contribution < -0.4 is 0 Å². The van der Waals surface area contributed by atoms with Crippen LogP contribution in [0.5, 0.6) is 0 Å². The lowest BCUT2D eigenvalue weighted by atomic mass is 10.0. The molecule has 5 heteroatoms. The molecule has 0 aliphatic heterocycles. The van der Waals surface area contributed by atoms with Crippen LogP contribution in [0.3, 0.4) is 0 Å². The minimum Gasteiger partial charge on any atom is -0.300 e. The number of rotatable bonds is 3. The van der Waals surface area contributed by atoms with Crippen LogP contribution in [0.1, 0.15) is 23.6 Å². The second kappa shape index (κ2) is 4.99. The van der Waals surface area contributed by atoms with Crippen molar-refractivity contribution >= 4 is 21.7 Å². The van der Waals surface area contributed by atoms with Crippen LogP contribution >= 0.6 is 15.9 Å². The Balaban J connectivity index is 3.16. The van der Waals surface area contributed by atoms with E-state index in [0.717, 1.165) is 12.1 Å². The van der Waals surface area contributed by atoms with Gasteiger partial charge in [0.25, 0.3) is 0 Å². The predicted molar refractivity (Wildman–Crippen MR) is 58.5 cm³/mol. The fourth-order valence-electron chi connectivity index (χ4n) is 1.37. The Bertz CT molecular complexity index is 399. The highest BCUT2D eigenvalue weighted by Gasteiger charge is 2.30. The van der Waals surface area contributed by atoms with E-state index < -0.39 is 11.7 Å². The molecule has 0 saturated carbocycles. The number of halogens is 4. The summed E-state index contributed by atoms with van der Waals surface area (Å²) in [5.41, 5.74) is 0.427. The maximum Gasteiger partial charge on any atom is 0.416 e. The molecule has 88 valence electrons. The molecule has 0 radical (unpaired) electrons. The highest BCUT2D eigenvalue weighted by molar-refractivity contribution is 9.08. The van der Waals surface area contributed by atoms with Crippen molar-refractivity contribution in [2.24, 2.45) is 0 Å². The van der Waals surface area contributed by atoms with Gasteiger partial charge in [-0.1, -0.05) is 22.0 Å². The summed E-state index contributed by atoms with van der Waals surface area (Å²) in [5.74, 6) is -0.151. The third-order valence-corrected chi connectivity index (χ3v) is 2.72. The standard InChI is InChI=1S/C11H10BrF3O/c1-7(16)4-9-5-10(11(13,14)15)3-2-8(9)6-12/h2-3,5H,4,6H2,1H3. The fourth-order valence-corrected chi connectivity index (χ4v) is 1.91. The number of carbonyl (C=O) groups is 1. The molecule has 0 fully saturated rings. The molecule has 0 bridgehead atoms. The van der Waals surface area contributed by atoms with Crippen LogP contribution in [0, 0.1) is 0 Å². The summed E-state index contributed by atoms with van der Waals surface area (Å²) in [5, 5.41) is 0.438. The molecule has 1 nitrogen and oxygen atoms in total. The Kier molecular flexibility index (Phi) is 4.13. The molecule has 0 spiro atoms. The van der Waals surface area contributed by atoms with Gasteiger partial charge in [0.2, 0.25) is 0 Å². The highest BCUT2D eigenvalue weighted by Crippen LogP contribution is 2.31. The Morgan fingerprint density at radius 1 is 1.31 bits per heavy atom. The van der Waals surface area contributed by atoms with E-state index in [1.807, 2.05) is 0 Å². The average Bonchev–Trinajstić information content (AvgIpc) is 2.15. The van der Waals surface area contributed by atoms with E-state index in [1.54, 1.807) is 0 Å². The van der Waals surface area contributed by atoms with E-state index in [9.17, 15) is 18.0 Å². The molecule has 16 heavy (non-hydrogen) atoms. The third kappa shape index (κ3) is 3.33. The number of Topliss-reactive ketones (excluding diaryl/α,β-unsaturated/α-hetero) is 1. The van der Waals surface area contributed by atoms with Crippen molar-refractivity contribution in [1.82, 2.24) is 0 Å². The minimum absolute atomic E-state index is 0.0326. The molecule has 1 rings (SSSR count). The smallest absolute Gasteiger partial charge is 0.300 e. The number of carbonyl (C=O) groups excluding carboxylic acids is 1. The first kappa shape index (κ1) is 13.2. The van der Waals surface area contributed by atoms with Gasteiger partial charge in [0, 0.05) is 11.8 Å². The summed E-state index contributed by atoms with van der Waals surface area (Å²) >= 11 is 3.18. The van der Waals surface area contributed by atoms with E-state index in [2.05, 4.69) is 15.9 Å². The van der Waals surface area contributed by atoms with Crippen LogP contribution in [-0.4, -0.2) is 5.78 Å². The van der Waals surface area contributed by atoms with Gasteiger partial charge in [0.1, 0.15) is 5.78 Å². The first-order valence-electron chi connectivity index (χ1n) is 4.59. The molecular weight excluding hydrogens is 285 g/mol. The Hall–Kier alpha value is -0.840. The maximum absolute atomic E-state index is 12.4. The van der Waals surface area contributed by atoms with Crippen LogP contribution in [0.25, 0.3) is 0 Å². The van der Waals surface area contributed by atoms with Crippen molar-refractivity contribution < 1.29 is 18.0 Å². The van der Waals surface area contributed by atoms with Gasteiger partial charge in [-0.05, 0) is 30.2 Å². The largest absolute Gasteiger partial charge is 0.416 e. The molecule has 0 aromatic heterocycles. The molecule has 0 saturated heterocycles. The molecule has 0 unspecified atom stereocenters. The molecule has 0 N–H and O–H groups in total. The Morgan fingerprint density at radius 2 is 1.94 bits per heavy atom. The van der Waals surface area contributed by atoms with Crippen molar-refractivity contribution in [2.45, 2.75) is 24.9 Å². The van der Waals surface area contributed by atoms with Crippen molar-refractivity contribution in [2.75, 3.05) is 0 Å². The normalized spacial score (nSPS) is 11.6. The molecule has 1 aromatic rings. The number of alkyl halides is 4. The molecule has 0 heterocycles. The number of benzene rings is 1. The summed E-state index contributed by atoms with van der Waals surface area (Å²) in [6.07, 6.45) is -4.33. The lowest BCUT2D eigenvalue weighted by Gasteiger charge is -2.11. The van der Waals surface area contributed by atoms with Gasteiger partial charge in [-0.25, -0.2) is 0 Å². The topological polar surface area (TPSA) is 17.1 Å². The average molecular weight is 295 g/mol. The lowest BCUT2D eigenvalue weighted by molar-refractivity contribution is -0.137. The summed E-state index contributed by atoms with van der Waals surface area (Å²) in [6.45, 7) is 1.36. The molecule has 1 aromatic carbocycles. The third-order valence-electron chi connectivity index (χ3n) is 2.12. The highest BCUT2D eigenvalue weighted by atomic mass is 79.9. The van der Waals surface area contributed by atoms with Crippen molar-refractivity contribution in [3.05, 3.63) is 34.9 Å². The summed E-state index contributed by atoms with van der Waals surface area (Å²) in [7, 11) is 0. The molecule has 0 aliphatic rings. The zero-order valence-electron chi connectivity index (χ0n) is 8.57. The van der Waals surface area contributed by atoms with Crippen LogP contribution in [0.15, 0.2) is 18.2 Å². The van der Waals surface area contributed by atoms with Crippen molar-refractivity contribution in [1.29, 1.82) is 0 Å². The quantitative estimate of drug-likeness (QED) is 0.777. The van der Waals surface area contributed by atoms with Crippen molar-refractivity contribution in [3.8, 4) is 0 Å². The van der Waals surface area contributed by atoms with Crippen LogP contribution in [0.2, 0.25) is 0 Å². The Morgan fingerprint density at radius 3 is 2.38 bits per heavy atom. The molecule has 0 amide bonds. The van der Waals surface area contributed by atoms with Gasteiger partial charge >= 0.3 is 6.18 Å². The van der Waals surface area contributed by atoms with Gasteiger partial charge < -0.3 is 0 Å². The summed E-state index contributed by atoms with van der Waals surface area (Å²) in [6, 6.07) is 3.47. The SMILES string of the molecule is CC(=O)Cc1cc(C(F)(F)F)ccc1CBr. The monoisotopic (exact) mass is 294 g/mol. The van der Waals surface area contributed by atoms with E-state index in [0.29, 0.717) is 16.5 Å². The van der Waals surface area contributed by atoms with E-state index in [1.165, 1.54) is 13.0 Å². The molecule has 0 aliphatic carbocycles. The van der Waals surface area contributed by atoms with Crippen LogP contribution in [-0.2, 0) is 22.7 Å². The predicted octanol–water partition coefficient (Wildman–Crippen LogP) is 3.73. The molecule has 0 atom stereocenters. The maximum atomic E-state index is 12.4. The first-order chi connectivity index (χ1) is 7.34.